The van der Waals surface area contributed by atoms with Crippen molar-refractivity contribution >= 4 is 5.97 Å². The van der Waals surface area contributed by atoms with Crippen LogP contribution in [0.4, 0.5) is 0 Å². The third-order valence-corrected chi connectivity index (χ3v) is 3.88. The lowest BCUT2D eigenvalue weighted by Gasteiger charge is -2.26. The number of carboxylic acid groups (broad SMARTS) is 1. The molecule has 0 amide bonds. The van der Waals surface area contributed by atoms with Gasteiger partial charge in [-0.05, 0) is 29.5 Å². The van der Waals surface area contributed by atoms with Crippen LogP contribution in [0.25, 0.3) is 0 Å². The Morgan fingerprint density at radius 1 is 1.00 bits per heavy atom. The molecule has 2 aromatic rings. The minimum atomic E-state index is -0.863. The Labute approximate surface area is 106 Å². The van der Waals surface area contributed by atoms with Gasteiger partial charge in [-0.3, -0.25) is 4.79 Å². The Morgan fingerprint density at radius 3 is 2.39 bits per heavy atom. The first-order valence-corrected chi connectivity index (χ1v) is 6.12. The molecule has 3 rings (SSSR count). The molecule has 2 aromatic carbocycles. The number of carboxylic acids is 1. The molecule has 1 N–H and O–H groups in total. The molecule has 0 unspecified atom stereocenters. The van der Waals surface area contributed by atoms with Gasteiger partial charge in [-0.2, -0.15) is 0 Å². The quantitative estimate of drug-likeness (QED) is 0.873. The van der Waals surface area contributed by atoms with Gasteiger partial charge in [-0.15, -0.1) is 0 Å². The molecule has 0 heterocycles. The summed E-state index contributed by atoms with van der Waals surface area (Å²) in [6.07, 6.45) is 1.48. The summed E-state index contributed by atoms with van der Waals surface area (Å²) in [4.78, 5) is 11.9. The number of fused-ring (bicyclic) bond motifs is 1. The van der Waals surface area contributed by atoms with Crippen LogP contribution in [0.1, 0.15) is 23.1 Å². The van der Waals surface area contributed by atoms with Crippen LogP contribution in [0.2, 0.25) is 0 Å². The first-order chi connectivity index (χ1) is 8.75. The standard InChI is InChI=1S/C16H14O2/c17-15(18)16(13-7-2-1-3-8-13)11-10-12-6-4-5-9-14(12)16/h1-9H,10-11H2,(H,17,18)/t16-/m1/s1. The molecule has 0 saturated heterocycles. The minimum Gasteiger partial charge on any atom is -0.480 e. The SMILES string of the molecule is O=C(O)[C@@]1(c2ccccc2)CCc2ccccc21. The molecule has 1 aliphatic rings. The van der Waals surface area contributed by atoms with Crippen molar-refractivity contribution in [3.8, 4) is 0 Å². The Balaban J connectivity index is 2.25. The monoisotopic (exact) mass is 238 g/mol. The molecule has 2 heteroatoms. The fraction of sp³-hybridized carbons (Fsp3) is 0.188. The van der Waals surface area contributed by atoms with Gasteiger partial charge in [0, 0.05) is 0 Å². The zero-order valence-electron chi connectivity index (χ0n) is 9.97. The van der Waals surface area contributed by atoms with Crippen LogP contribution in [-0.4, -0.2) is 11.1 Å². The van der Waals surface area contributed by atoms with Crippen LogP contribution in [0.15, 0.2) is 54.6 Å². The first-order valence-electron chi connectivity index (χ1n) is 6.12. The number of carbonyl (C=O) groups is 1. The van der Waals surface area contributed by atoms with Gasteiger partial charge in [0.2, 0.25) is 0 Å². The van der Waals surface area contributed by atoms with Gasteiger partial charge in [0.1, 0.15) is 5.41 Å². The number of benzene rings is 2. The molecule has 0 fully saturated rings. The van der Waals surface area contributed by atoms with Crippen molar-refractivity contribution in [2.24, 2.45) is 0 Å². The molecule has 0 bridgehead atoms. The summed E-state index contributed by atoms with van der Waals surface area (Å²) in [5, 5.41) is 9.76. The third kappa shape index (κ3) is 1.39. The summed E-state index contributed by atoms with van der Waals surface area (Å²) in [6.45, 7) is 0. The number of aliphatic carboxylic acids is 1. The van der Waals surface area contributed by atoms with Crippen LogP contribution >= 0.6 is 0 Å². The lowest BCUT2D eigenvalue weighted by atomic mass is 9.75. The second kappa shape index (κ2) is 3.98. The Hall–Kier alpha value is -2.09. The van der Waals surface area contributed by atoms with Crippen molar-refractivity contribution in [2.45, 2.75) is 18.3 Å². The van der Waals surface area contributed by atoms with E-state index in [1.807, 2.05) is 54.6 Å². The van der Waals surface area contributed by atoms with Crippen molar-refractivity contribution in [3.05, 3.63) is 71.3 Å². The van der Waals surface area contributed by atoms with Gasteiger partial charge in [0.15, 0.2) is 0 Å². The van der Waals surface area contributed by atoms with E-state index in [2.05, 4.69) is 0 Å². The summed E-state index contributed by atoms with van der Waals surface area (Å²) < 4.78 is 0. The van der Waals surface area contributed by atoms with Crippen LogP contribution in [0, 0.1) is 0 Å². The van der Waals surface area contributed by atoms with Gasteiger partial charge in [-0.25, -0.2) is 0 Å². The fourth-order valence-electron chi connectivity index (χ4n) is 2.98. The van der Waals surface area contributed by atoms with Crippen LogP contribution in [0.5, 0.6) is 0 Å². The zero-order valence-corrected chi connectivity index (χ0v) is 9.97. The summed E-state index contributed by atoms with van der Waals surface area (Å²) in [5.41, 5.74) is 2.12. The summed E-state index contributed by atoms with van der Waals surface area (Å²) in [5.74, 6) is -0.751. The van der Waals surface area contributed by atoms with Crippen molar-refractivity contribution in [2.75, 3.05) is 0 Å². The van der Waals surface area contributed by atoms with E-state index >= 15 is 0 Å². The lowest BCUT2D eigenvalue weighted by molar-refractivity contribution is -0.142. The van der Waals surface area contributed by atoms with Gasteiger partial charge >= 0.3 is 5.97 Å². The van der Waals surface area contributed by atoms with Crippen molar-refractivity contribution < 1.29 is 9.90 Å². The predicted octanol–water partition coefficient (Wildman–Crippen LogP) is 3.00. The van der Waals surface area contributed by atoms with E-state index in [-0.39, 0.29) is 0 Å². The number of aryl methyl sites for hydroxylation is 1. The molecule has 0 aliphatic heterocycles. The van der Waals surface area contributed by atoms with Crippen molar-refractivity contribution in [1.29, 1.82) is 0 Å². The largest absolute Gasteiger partial charge is 0.480 e. The molecule has 0 radical (unpaired) electrons. The average molecular weight is 238 g/mol. The minimum absolute atomic E-state index is 0.645. The topological polar surface area (TPSA) is 37.3 Å². The second-order valence-corrected chi connectivity index (χ2v) is 4.73. The highest BCUT2D eigenvalue weighted by atomic mass is 16.4. The zero-order chi connectivity index (χ0) is 12.6. The van der Waals surface area contributed by atoms with Gasteiger partial charge in [0.05, 0.1) is 0 Å². The normalized spacial score (nSPS) is 21.6. The van der Waals surface area contributed by atoms with E-state index in [9.17, 15) is 9.90 Å². The number of rotatable bonds is 2. The van der Waals surface area contributed by atoms with E-state index in [4.69, 9.17) is 0 Å². The van der Waals surface area contributed by atoms with E-state index in [0.717, 1.165) is 23.1 Å². The average Bonchev–Trinajstić information content (AvgIpc) is 2.80. The maximum atomic E-state index is 11.9. The van der Waals surface area contributed by atoms with E-state index in [1.165, 1.54) is 0 Å². The molecule has 18 heavy (non-hydrogen) atoms. The Morgan fingerprint density at radius 2 is 1.67 bits per heavy atom. The highest BCUT2D eigenvalue weighted by Gasteiger charge is 2.46. The number of hydrogen-bond donors (Lipinski definition) is 1. The van der Waals surface area contributed by atoms with E-state index in [1.54, 1.807) is 0 Å². The molecule has 0 spiro atoms. The molecule has 2 nitrogen and oxygen atoms in total. The maximum Gasteiger partial charge on any atom is 0.318 e. The number of hydrogen-bond acceptors (Lipinski definition) is 1. The maximum absolute atomic E-state index is 11.9. The van der Waals surface area contributed by atoms with Crippen LogP contribution in [0.3, 0.4) is 0 Å². The van der Waals surface area contributed by atoms with Crippen molar-refractivity contribution in [3.63, 3.8) is 0 Å². The summed E-state index contributed by atoms with van der Waals surface area (Å²) in [7, 11) is 0. The molecular formula is C16H14O2. The lowest BCUT2D eigenvalue weighted by Crippen LogP contribution is -2.34. The van der Waals surface area contributed by atoms with Gasteiger partial charge < -0.3 is 5.11 Å². The van der Waals surface area contributed by atoms with Gasteiger partial charge in [-0.1, -0.05) is 54.6 Å². The summed E-state index contributed by atoms with van der Waals surface area (Å²) in [6, 6.07) is 17.4. The molecule has 0 saturated carbocycles. The van der Waals surface area contributed by atoms with Crippen molar-refractivity contribution in [1.82, 2.24) is 0 Å². The molecule has 1 aliphatic carbocycles. The van der Waals surface area contributed by atoms with E-state index < -0.39 is 11.4 Å². The fourth-order valence-corrected chi connectivity index (χ4v) is 2.98. The molecule has 90 valence electrons. The Bertz CT molecular complexity index is 589. The highest BCUT2D eigenvalue weighted by Crippen LogP contribution is 2.44. The molecule has 1 atom stereocenters. The predicted molar refractivity (Wildman–Crippen MR) is 69.6 cm³/mol. The summed E-state index contributed by atoms with van der Waals surface area (Å²) >= 11 is 0. The highest BCUT2D eigenvalue weighted by molar-refractivity contribution is 5.87. The van der Waals surface area contributed by atoms with E-state index in [0.29, 0.717) is 6.42 Å². The molecule has 0 aromatic heterocycles. The van der Waals surface area contributed by atoms with Gasteiger partial charge in [0.25, 0.3) is 0 Å². The third-order valence-electron chi connectivity index (χ3n) is 3.88. The van der Waals surface area contributed by atoms with Crippen LogP contribution < -0.4 is 0 Å². The smallest absolute Gasteiger partial charge is 0.318 e. The molecular weight excluding hydrogens is 224 g/mol. The first kappa shape index (κ1) is 11.0. The van der Waals surface area contributed by atoms with Crippen LogP contribution in [-0.2, 0) is 16.6 Å². The Kier molecular flexibility index (Phi) is 2.44. The second-order valence-electron chi connectivity index (χ2n) is 4.73.